The van der Waals surface area contributed by atoms with Crippen LogP contribution in [-0.2, 0) is 25.2 Å². The zero-order valence-corrected chi connectivity index (χ0v) is 23.2. The molecule has 0 amide bonds. The molecular formula is C30H32F6S. The third-order valence-corrected chi connectivity index (χ3v) is 6.18. The molecule has 0 spiro atoms. The van der Waals surface area contributed by atoms with Crippen molar-refractivity contribution in [2.45, 2.75) is 90.4 Å². The molecule has 0 bridgehead atoms. The summed E-state index contributed by atoms with van der Waals surface area (Å²) in [4.78, 5) is 0.312. The number of rotatable bonds is 4. The maximum absolute atomic E-state index is 14.1. The van der Waals surface area contributed by atoms with Crippen molar-refractivity contribution in [2.24, 2.45) is 10.8 Å². The first-order valence-electron chi connectivity index (χ1n) is 12.0. The second-order valence-corrected chi connectivity index (χ2v) is 11.9. The van der Waals surface area contributed by atoms with Gasteiger partial charge < -0.3 is 0 Å². The van der Waals surface area contributed by atoms with Gasteiger partial charge >= 0.3 is 12.4 Å². The van der Waals surface area contributed by atoms with Gasteiger partial charge in [-0.2, -0.15) is 26.3 Å². The molecule has 0 N–H and O–H groups in total. The summed E-state index contributed by atoms with van der Waals surface area (Å²) in [7, 11) is 0. The van der Waals surface area contributed by atoms with Crippen molar-refractivity contribution in [3.63, 3.8) is 0 Å². The first-order chi connectivity index (χ1) is 16.7. The van der Waals surface area contributed by atoms with Crippen LogP contribution in [0.25, 0.3) is 0 Å². The quantitative estimate of drug-likeness (QED) is 0.276. The first-order valence-corrected chi connectivity index (χ1v) is 12.8. The summed E-state index contributed by atoms with van der Waals surface area (Å²) in [6, 6.07) is 5.31. The number of alkyl halides is 6. The minimum absolute atomic E-state index is 0.156. The fourth-order valence-corrected chi connectivity index (χ4v) is 4.42. The summed E-state index contributed by atoms with van der Waals surface area (Å²) in [5, 5.41) is 0. The molecule has 2 aromatic carbocycles. The number of halogens is 6. The van der Waals surface area contributed by atoms with E-state index in [9.17, 15) is 26.3 Å². The molecule has 7 heteroatoms. The molecule has 0 heterocycles. The molecule has 0 radical (unpaired) electrons. The van der Waals surface area contributed by atoms with Gasteiger partial charge in [0.25, 0.3) is 0 Å². The van der Waals surface area contributed by atoms with Crippen LogP contribution in [0.2, 0.25) is 0 Å². The van der Waals surface area contributed by atoms with E-state index in [1.54, 1.807) is 67.5 Å². The minimum atomic E-state index is -4.68. The van der Waals surface area contributed by atoms with Gasteiger partial charge in [-0.1, -0.05) is 49.3 Å². The minimum Gasteiger partial charge on any atom is -0.166 e. The third-order valence-electron chi connectivity index (χ3n) is 5.10. The van der Waals surface area contributed by atoms with Gasteiger partial charge in [-0.15, -0.1) is 0 Å². The van der Waals surface area contributed by atoms with Crippen LogP contribution >= 0.6 is 11.8 Å². The first kappa shape index (κ1) is 30.7. The van der Waals surface area contributed by atoms with E-state index in [0.29, 0.717) is 24.0 Å². The van der Waals surface area contributed by atoms with Gasteiger partial charge in [-0.25, -0.2) is 0 Å². The molecule has 0 saturated heterocycles. The van der Waals surface area contributed by atoms with Gasteiger partial charge in [-0.3, -0.25) is 0 Å². The fourth-order valence-electron chi connectivity index (χ4n) is 3.24. The zero-order chi connectivity index (χ0) is 28.4. The van der Waals surface area contributed by atoms with Crippen molar-refractivity contribution in [3.8, 4) is 23.7 Å². The van der Waals surface area contributed by atoms with Gasteiger partial charge in [0.05, 0.1) is 22.3 Å². The molecule has 0 unspecified atom stereocenters. The lowest BCUT2D eigenvalue weighted by Crippen LogP contribution is -2.12. The molecule has 0 nitrogen and oxygen atoms in total. The number of hydrogen-bond acceptors (Lipinski definition) is 1. The number of aryl methyl sites for hydroxylation is 2. The Labute approximate surface area is 220 Å². The van der Waals surface area contributed by atoms with E-state index in [0.717, 1.165) is 23.9 Å². The van der Waals surface area contributed by atoms with E-state index in [1.807, 2.05) is 0 Å². The molecule has 2 rings (SSSR count). The molecule has 0 aliphatic rings. The Balaban J connectivity index is 2.98. The van der Waals surface area contributed by atoms with Crippen LogP contribution in [0.5, 0.6) is 0 Å². The molecule has 0 aliphatic carbocycles. The molecule has 0 fully saturated rings. The Morgan fingerprint density at radius 2 is 0.919 bits per heavy atom. The Morgan fingerprint density at radius 3 is 1.16 bits per heavy atom. The highest BCUT2D eigenvalue weighted by Gasteiger charge is 2.37. The molecule has 0 saturated carbocycles. The van der Waals surface area contributed by atoms with Crippen LogP contribution in [0, 0.1) is 34.5 Å². The number of hydrogen-bond donors (Lipinski definition) is 0. The van der Waals surface area contributed by atoms with Crippen molar-refractivity contribution in [1.29, 1.82) is 0 Å². The highest BCUT2D eigenvalue weighted by Crippen LogP contribution is 2.43. The van der Waals surface area contributed by atoms with Gasteiger partial charge in [0.15, 0.2) is 0 Å². The van der Waals surface area contributed by atoms with E-state index in [-0.39, 0.29) is 20.9 Å². The molecule has 0 atom stereocenters. The predicted molar refractivity (Wildman–Crippen MR) is 138 cm³/mol. The van der Waals surface area contributed by atoms with Crippen LogP contribution in [0.15, 0.2) is 34.1 Å². The lowest BCUT2D eigenvalue weighted by Gasteiger charge is -2.19. The molecule has 0 aliphatic heterocycles. The second-order valence-electron chi connectivity index (χ2n) is 10.8. The van der Waals surface area contributed by atoms with Crippen LogP contribution in [0.4, 0.5) is 26.3 Å². The summed E-state index contributed by atoms with van der Waals surface area (Å²) in [5.41, 5.74) is -2.59. The summed E-state index contributed by atoms with van der Waals surface area (Å²) >= 11 is 0.857. The van der Waals surface area contributed by atoms with Gasteiger partial charge in [0, 0.05) is 20.6 Å². The van der Waals surface area contributed by atoms with Gasteiger partial charge in [0.2, 0.25) is 0 Å². The summed E-state index contributed by atoms with van der Waals surface area (Å²) in [6.07, 6.45) is -8.72. The van der Waals surface area contributed by atoms with Crippen LogP contribution in [-0.4, -0.2) is 0 Å². The summed E-state index contributed by atoms with van der Waals surface area (Å²) in [5.74, 6) is 11.1. The Morgan fingerprint density at radius 1 is 0.595 bits per heavy atom. The largest absolute Gasteiger partial charge is 0.417 e. The maximum atomic E-state index is 14.1. The SMILES string of the molecule is CCc1cc(Sc2cc(CC)cc(C(F)(F)F)c2C#CC(C)(C)C)c(C#CC(C)(C)C)c(C(F)(F)F)c1. The Kier molecular flexibility index (Phi) is 9.20. The average Bonchev–Trinajstić information content (AvgIpc) is 2.73. The van der Waals surface area contributed by atoms with Crippen LogP contribution in [0.1, 0.15) is 88.8 Å². The van der Waals surface area contributed by atoms with Crippen LogP contribution < -0.4 is 0 Å². The summed E-state index contributed by atoms with van der Waals surface area (Å²) < 4.78 is 84.8. The fraction of sp³-hybridized carbons (Fsp3) is 0.467. The van der Waals surface area contributed by atoms with E-state index in [2.05, 4.69) is 23.7 Å². The normalized spacial score (nSPS) is 12.5. The van der Waals surface area contributed by atoms with E-state index >= 15 is 0 Å². The molecule has 37 heavy (non-hydrogen) atoms. The van der Waals surface area contributed by atoms with E-state index in [4.69, 9.17) is 0 Å². The highest BCUT2D eigenvalue weighted by atomic mass is 32.2. The second kappa shape index (κ2) is 11.1. The lowest BCUT2D eigenvalue weighted by molar-refractivity contribution is -0.138. The lowest BCUT2D eigenvalue weighted by atomic mass is 9.95. The Bertz CT molecular complexity index is 1160. The average molecular weight is 539 g/mol. The topological polar surface area (TPSA) is 0 Å². The Hall–Kier alpha value is -2.51. The third kappa shape index (κ3) is 8.78. The molecular weight excluding hydrogens is 506 g/mol. The smallest absolute Gasteiger partial charge is 0.166 e. The van der Waals surface area contributed by atoms with Crippen molar-refractivity contribution in [3.05, 3.63) is 57.6 Å². The highest BCUT2D eigenvalue weighted by molar-refractivity contribution is 7.99. The van der Waals surface area contributed by atoms with Crippen molar-refractivity contribution < 1.29 is 26.3 Å². The molecule has 2 aromatic rings. The van der Waals surface area contributed by atoms with Gasteiger partial charge in [0.1, 0.15) is 0 Å². The van der Waals surface area contributed by atoms with Crippen molar-refractivity contribution in [2.75, 3.05) is 0 Å². The molecule has 200 valence electrons. The van der Waals surface area contributed by atoms with E-state index in [1.165, 1.54) is 0 Å². The summed E-state index contributed by atoms with van der Waals surface area (Å²) in [6.45, 7) is 14.1. The zero-order valence-electron chi connectivity index (χ0n) is 22.4. The van der Waals surface area contributed by atoms with Gasteiger partial charge in [-0.05, 0) is 89.8 Å². The monoisotopic (exact) mass is 538 g/mol. The van der Waals surface area contributed by atoms with E-state index < -0.39 is 34.3 Å². The van der Waals surface area contributed by atoms with Crippen LogP contribution in [0.3, 0.4) is 0 Å². The number of benzene rings is 2. The predicted octanol–water partition coefficient (Wildman–Crippen LogP) is 9.80. The van der Waals surface area contributed by atoms with Crippen molar-refractivity contribution in [1.82, 2.24) is 0 Å². The standard InChI is InChI=1S/C30H32F6S/c1-9-19-15-23(29(31,32)33)21(11-13-27(3,4)5)25(17-19)37-26-18-20(10-2)16-24(30(34,35)36)22(26)12-14-28(6,7)8/h15-18H,9-10H2,1-8H3. The maximum Gasteiger partial charge on any atom is 0.417 e. The molecule has 0 aromatic heterocycles. The van der Waals surface area contributed by atoms with Crippen molar-refractivity contribution >= 4 is 11.8 Å².